The van der Waals surface area contributed by atoms with Crippen LogP contribution in [0.2, 0.25) is 5.02 Å². The Labute approximate surface area is 182 Å². The summed E-state index contributed by atoms with van der Waals surface area (Å²) in [7, 11) is 0. The summed E-state index contributed by atoms with van der Waals surface area (Å²) in [4.78, 5) is 17.4. The van der Waals surface area contributed by atoms with Crippen molar-refractivity contribution in [1.82, 2.24) is 15.1 Å². The van der Waals surface area contributed by atoms with E-state index in [-0.39, 0.29) is 5.91 Å². The van der Waals surface area contributed by atoms with Crippen LogP contribution < -0.4 is 10.6 Å². The van der Waals surface area contributed by atoms with Crippen LogP contribution in [0.1, 0.15) is 40.5 Å². The van der Waals surface area contributed by atoms with Crippen molar-refractivity contribution < 1.29 is 4.79 Å². The first kappa shape index (κ1) is 21.6. The molecule has 0 fully saturated rings. The second-order valence-corrected chi connectivity index (χ2v) is 7.50. The van der Waals surface area contributed by atoms with Crippen molar-refractivity contribution in [1.29, 1.82) is 0 Å². The first-order valence-electron chi connectivity index (χ1n) is 9.93. The number of carbonyl (C=O) groups is 1. The van der Waals surface area contributed by atoms with Crippen LogP contribution in [0, 0.1) is 13.8 Å². The third-order valence-corrected chi connectivity index (χ3v) is 4.87. The maximum atomic E-state index is 12.8. The summed E-state index contributed by atoms with van der Waals surface area (Å²) in [6.45, 7) is 7.35. The Morgan fingerprint density at radius 1 is 1.17 bits per heavy atom. The number of carbonyl (C=O) groups excluding carboxylic acids is 1. The van der Waals surface area contributed by atoms with Gasteiger partial charge in [0.1, 0.15) is 0 Å². The number of hydrogen-bond donors (Lipinski definition) is 2. The van der Waals surface area contributed by atoms with Crippen molar-refractivity contribution in [3.8, 4) is 0 Å². The number of nitrogens with zero attached hydrogens (tertiary/aromatic N) is 3. The molecule has 3 aromatic rings. The van der Waals surface area contributed by atoms with Crippen molar-refractivity contribution in [2.75, 3.05) is 5.32 Å². The lowest BCUT2D eigenvalue weighted by molar-refractivity contribution is 0.0977. The highest BCUT2D eigenvalue weighted by Gasteiger charge is 2.13. The average Bonchev–Trinajstić information content (AvgIpc) is 3.06. The largest absolute Gasteiger partial charge is 0.326 e. The minimum atomic E-state index is -0.321. The maximum Gasteiger partial charge on any atom is 0.259 e. The summed E-state index contributed by atoms with van der Waals surface area (Å²) in [6.07, 6.45) is 3.01. The van der Waals surface area contributed by atoms with Gasteiger partial charge < -0.3 is 5.32 Å². The van der Waals surface area contributed by atoms with Gasteiger partial charge in [0, 0.05) is 24.0 Å². The Hall–Kier alpha value is -3.12. The molecule has 0 aliphatic rings. The third-order valence-electron chi connectivity index (χ3n) is 4.54. The Kier molecular flexibility index (Phi) is 7.25. The molecule has 7 heteroatoms. The Morgan fingerprint density at radius 2 is 1.97 bits per heavy atom. The number of halogens is 1. The predicted molar refractivity (Wildman–Crippen MR) is 122 cm³/mol. The topological polar surface area (TPSA) is 71.3 Å². The molecule has 0 radical (unpaired) electrons. The molecule has 1 aromatic heterocycles. The number of amides is 1. The van der Waals surface area contributed by atoms with E-state index in [1.165, 1.54) is 0 Å². The number of aliphatic imine (C=N–C) groups is 1. The van der Waals surface area contributed by atoms with E-state index in [1.54, 1.807) is 24.3 Å². The van der Waals surface area contributed by atoms with Crippen molar-refractivity contribution >= 4 is 29.2 Å². The van der Waals surface area contributed by atoms with Gasteiger partial charge in [0.25, 0.3) is 5.91 Å². The van der Waals surface area contributed by atoms with Crippen molar-refractivity contribution in [2.24, 2.45) is 4.99 Å². The standard InChI is InChI=1S/C23H26ClN5O/c1-4-12-29-15-18(17(3)28-29)14-25-23(26-19-9-7-8-16(2)13-19)27-22(30)20-10-5-6-11-21(20)24/h5-11,13,15H,4,12,14H2,1-3H3,(H2,25,26,27,30). The highest BCUT2D eigenvalue weighted by Crippen LogP contribution is 2.15. The van der Waals surface area contributed by atoms with Gasteiger partial charge in [-0.05, 0) is 50.1 Å². The summed E-state index contributed by atoms with van der Waals surface area (Å²) in [5, 5.41) is 11.0. The van der Waals surface area contributed by atoms with E-state index in [9.17, 15) is 4.79 Å². The lowest BCUT2D eigenvalue weighted by Crippen LogP contribution is -2.36. The number of guanidine groups is 1. The van der Waals surface area contributed by atoms with Crippen LogP contribution in [0.3, 0.4) is 0 Å². The molecule has 30 heavy (non-hydrogen) atoms. The van der Waals surface area contributed by atoms with Crippen molar-refractivity contribution in [2.45, 2.75) is 40.3 Å². The number of nitrogens with one attached hydrogen (secondary N) is 2. The first-order chi connectivity index (χ1) is 14.5. The molecule has 2 N–H and O–H groups in total. The summed E-state index contributed by atoms with van der Waals surface area (Å²) in [5.74, 6) is 0.0334. The van der Waals surface area contributed by atoms with Gasteiger partial charge in [0.05, 0.1) is 22.8 Å². The van der Waals surface area contributed by atoms with E-state index in [2.05, 4.69) is 27.6 Å². The number of aryl methyl sites for hydroxylation is 3. The molecule has 0 atom stereocenters. The van der Waals surface area contributed by atoms with Gasteiger partial charge in [-0.1, -0.05) is 42.8 Å². The zero-order valence-electron chi connectivity index (χ0n) is 17.4. The fourth-order valence-corrected chi connectivity index (χ4v) is 3.23. The number of benzene rings is 2. The fourth-order valence-electron chi connectivity index (χ4n) is 3.01. The number of hydrogen-bond acceptors (Lipinski definition) is 3. The molecule has 0 spiro atoms. The molecule has 1 heterocycles. The molecule has 0 unspecified atom stereocenters. The first-order valence-corrected chi connectivity index (χ1v) is 10.3. The molecule has 156 valence electrons. The number of aromatic nitrogens is 2. The van der Waals surface area contributed by atoms with Crippen LogP contribution in [0.4, 0.5) is 5.69 Å². The van der Waals surface area contributed by atoms with Gasteiger partial charge in [0.2, 0.25) is 5.96 Å². The van der Waals surface area contributed by atoms with Crippen LogP contribution >= 0.6 is 11.6 Å². The quantitative estimate of drug-likeness (QED) is 0.434. The van der Waals surface area contributed by atoms with Crippen LogP contribution in [0.5, 0.6) is 0 Å². The molecule has 0 saturated heterocycles. The van der Waals surface area contributed by atoms with Crippen molar-refractivity contribution in [3.05, 3.63) is 82.1 Å². The lowest BCUT2D eigenvalue weighted by atomic mass is 10.2. The summed E-state index contributed by atoms with van der Waals surface area (Å²) in [6, 6.07) is 14.8. The average molecular weight is 424 g/mol. The summed E-state index contributed by atoms with van der Waals surface area (Å²) in [5.41, 5.74) is 4.28. The summed E-state index contributed by atoms with van der Waals surface area (Å²) < 4.78 is 1.93. The van der Waals surface area contributed by atoms with Gasteiger partial charge in [-0.3, -0.25) is 14.8 Å². The zero-order valence-corrected chi connectivity index (χ0v) is 18.2. The van der Waals surface area contributed by atoms with Gasteiger partial charge in [0.15, 0.2) is 0 Å². The van der Waals surface area contributed by atoms with E-state index in [4.69, 9.17) is 11.6 Å². The normalized spacial score (nSPS) is 11.4. The van der Waals surface area contributed by atoms with Gasteiger partial charge in [-0.15, -0.1) is 0 Å². The molecular formula is C23H26ClN5O. The second kappa shape index (κ2) is 10.1. The van der Waals surface area contributed by atoms with Crippen LogP contribution in [0.25, 0.3) is 0 Å². The molecule has 3 rings (SSSR count). The Balaban J connectivity index is 1.84. The van der Waals surface area contributed by atoms with E-state index < -0.39 is 0 Å². The molecular weight excluding hydrogens is 398 g/mol. The third kappa shape index (κ3) is 5.70. The second-order valence-electron chi connectivity index (χ2n) is 7.10. The van der Waals surface area contributed by atoms with Gasteiger partial charge in [-0.25, -0.2) is 4.99 Å². The molecule has 1 amide bonds. The minimum absolute atomic E-state index is 0.321. The Bertz CT molecular complexity index is 1060. The van der Waals surface area contributed by atoms with E-state index in [0.29, 0.717) is 23.1 Å². The minimum Gasteiger partial charge on any atom is -0.326 e. The lowest BCUT2D eigenvalue weighted by Gasteiger charge is -2.13. The fraction of sp³-hybridized carbons (Fsp3) is 0.261. The van der Waals surface area contributed by atoms with Crippen LogP contribution in [0.15, 0.2) is 59.7 Å². The summed E-state index contributed by atoms with van der Waals surface area (Å²) >= 11 is 6.18. The molecule has 0 bridgehead atoms. The van der Waals surface area contributed by atoms with Crippen LogP contribution in [-0.4, -0.2) is 21.6 Å². The Morgan fingerprint density at radius 3 is 2.70 bits per heavy atom. The maximum absolute atomic E-state index is 12.8. The SMILES string of the molecule is CCCn1cc(CN=C(NC(=O)c2ccccc2Cl)Nc2cccc(C)c2)c(C)n1. The molecule has 0 aliphatic heterocycles. The van der Waals surface area contributed by atoms with E-state index in [1.807, 2.05) is 49.0 Å². The highest BCUT2D eigenvalue weighted by molar-refractivity contribution is 6.34. The van der Waals surface area contributed by atoms with Crippen LogP contribution in [-0.2, 0) is 13.1 Å². The van der Waals surface area contributed by atoms with Gasteiger partial charge >= 0.3 is 0 Å². The smallest absolute Gasteiger partial charge is 0.259 e. The van der Waals surface area contributed by atoms with E-state index in [0.717, 1.165) is 35.5 Å². The van der Waals surface area contributed by atoms with E-state index >= 15 is 0 Å². The molecule has 0 aliphatic carbocycles. The molecule has 6 nitrogen and oxygen atoms in total. The predicted octanol–water partition coefficient (Wildman–Crippen LogP) is 4.96. The van der Waals surface area contributed by atoms with Gasteiger partial charge in [-0.2, -0.15) is 5.10 Å². The zero-order chi connectivity index (χ0) is 21.5. The molecule has 2 aromatic carbocycles. The van der Waals surface area contributed by atoms with Crippen molar-refractivity contribution in [3.63, 3.8) is 0 Å². The number of rotatable bonds is 6. The number of anilines is 1. The molecule has 0 saturated carbocycles. The monoisotopic (exact) mass is 423 g/mol. The highest BCUT2D eigenvalue weighted by atomic mass is 35.5.